The van der Waals surface area contributed by atoms with E-state index in [2.05, 4.69) is 15.3 Å². The number of fused-ring (bicyclic) bond motifs is 3. The highest BCUT2D eigenvalue weighted by Gasteiger charge is 2.40. The van der Waals surface area contributed by atoms with Gasteiger partial charge in [-0.25, -0.2) is 14.4 Å². The van der Waals surface area contributed by atoms with Gasteiger partial charge < -0.3 is 10.2 Å². The summed E-state index contributed by atoms with van der Waals surface area (Å²) in [5.41, 5.74) is 3.23. The molecule has 0 radical (unpaired) electrons. The van der Waals surface area contributed by atoms with E-state index in [4.69, 9.17) is 0 Å². The van der Waals surface area contributed by atoms with Crippen molar-refractivity contribution in [3.8, 4) is 17.1 Å². The van der Waals surface area contributed by atoms with Gasteiger partial charge >= 0.3 is 0 Å². The lowest BCUT2D eigenvalue weighted by Gasteiger charge is -2.27. The number of carbonyl (C=O) groups excluding carboxylic acids is 1. The predicted octanol–water partition coefficient (Wildman–Crippen LogP) is 3.46. The lowest BCUT2D eigenvalue weighted by Crippen LogP contribution is -2.46. The molecule has 3 atom stereocenters. The zero-order valence-electron chi connectivity index (χ0n) is 19.4. The summed E-state index contributed by atoms with van der Waals surface area (Å²) >= 11 is 0. The highest BCUT2D eigenvalue weighted by Crippen LogP contribution is 2.30. The SMILES string of the molecule is Cc1ccc(F)c(-c2cnc(-n3cc(S(C)=O)c4ccc(C(=O)N5C[C@@H]6C[C@H]5CN6)cc43)nc2)c1. The molecule has 35 heavy (non-hydrogen) atoms. The fourth-order valence-electron chi connectivity index (χ4n) is 5.14. The van der Waals surface area contributed by atoms with Crippen molar-refractivity contribution < 1.29 is 13.4 Å². The number of carbonyl (C=O) groups is 1. The van der Waals surface area contributed by atoms with Crippen molar-refractivity contribution in [3.63, 3.8) is 0 Å². The van der Waals surface area contributed by atoms with Gasteiger partial charge in [-0.05, 0) is 37.6 Å². The van der Waals surface area contributed by atoms with E-state index < -0.39 is 10.8 Å². The molecule has 7 nitrogen and oxygen atoms in total. The summed E-state index contributed by atoms with van der Waals surface area (Å²) in [7, 11) is -1.25. The van der Waals surface area contributed by atoms with Gasteiger partial charge in [0.05, 0.1) is 21.2 Å². The van der Waals surface area contributed by atoms with Crippen LogP contribution in [0.25, 0.3) is 28.0 Å². The van der Waals surface area contributed by atoms with Crippen molar-refractivity contribution in [3.05, 3.63) is 71.9 Å². The van der Waals surface area contributed by atoms with Crippen LogP contribution < -0.4 is 5.32 Å². The summed E-state index contributed by atoms with van der Waals surface area (Å²) in [5, 5.41) is 4.20. The van der Waals surface area contributed by atoms with Crippen LogP contribution in [0, 0.1) is 12.7 Å². The number of nitrogens with zero attached hydrogens (tertiary/aromatic N) is 4. The van der Waals surface area contributed by atoms with E-state index in [0.717, 1.165) is 23.9 Å². The minimum Gasteiger partial charge on any atom is -0.333 e. The zero-order valence-corrected chi connectivity index (χ0v) is 20.2. The Hall–Kier alpha value is -3.43. The standard InChI is InChI=1S/C26H24FN5O2S/c1-15-3-6-22(27)21(7-15)17-10-29-26(30-11-17)32-14-24(35(2)34)20-5-4-16(8-23(20)32)25(33)31-13-18-9-19(31)12-28-18/h3-8,10-11,14,18-19,28H,9,12-13H2,1-2H3/t18-,19-,35?/m0/s1. The van der Waals surface area contributed by atoms with E-state index in [9.17, 15) is 13.4 Å². The molecule has 1 amide bonds. The average Bonchev–Trinajstić information content (AvgIpc) is 3.59. The molecule has 2 fully saturated rings. The minimum atomic E-state index is -1.25. The second-order valence-corrected chi connectivity index (χ2v) is 10.6. The number of amides is 1. The van der Waals surface area contributed by atoms with Gasteiger partial charge in [0.1, 0.15) is 5.82 Å². The molecular weight excluding hydrogens is 465 g/mol. The third-order valence-electron chi connectivity index (χ3n) is 6.93. The highest BCUT2D eigenvalue weighted by molar-refractivity contribution is 7.84. The average molecular weight is 490 g/mol. The molecule has 2 bridgehead atoms. The first-order valence-corrected chi connectivity index (χ1v) is 13.1. The van der Waals surface area contributed by atoms with Crippen LogP contribution in [0.1, 0.15) is 22.3 Å². The zero-order chi connectivity index (χ0) is 24.3. The van der Waals surface area contributed by atoms with Crippen molar-refractivity contribution >= 4 is 27.6 Å². The summed E-state index contributed by atoms with van der Waals surface area (Å²) in [6, 6.07) is 11.0. The Kier molecular flexibility index (Phi) is 5.26. The second-order valence-electron chi connectivity index (χ2n) is 9.26. The molecule has 9 heteroatoms. The molecule has 2 saturated heterocycles. The van der Waals surface area contributed by atoms with Gasteiger partial charge in [0.25, 0.3) is 5.91 Å². The number of hydrogen-bond donors (Lipinski definition) is 1. The Morgan fingerprint density at radius 2 is 1.97 bits per heavy atom. The first-order chi connectivity index (χ1) is 16.9. The number of nitrogens with one attached hydrogen (secondary N) is 1. The normalized spacial score (nSPS) is 20.0. The summed E-state index contributed by atoms with van der Waals surface area (Å²) in [6.45, 7) is 3.45. The van der Waals surface area contributed by atoms with E-state index in [1.54, 1.807) is 47.6 Å². The van der Waals surface area contributed by atoms with Crippen LogP contribution in [-0.2, 0) is 10.8 Å². The molecule has 1 N–H and O–H groups in total. The summed E-state index contributed by atoms with van der Waals surface area (Å²) in [6.07, 6.45) is 7.52. The van der Waals surface area contributed by atoms with E-state index >= 15 is 0 Å². The molecule has 2 aliphatic heterocycles. The van der Waals surface area contributed by atoms with E-state index in [-0.39, 0.29) is 17.8 Å². The molecule has 0 spiro atoms. The Bertz CT molecular complexity index is 1500. The molecule has 0 aliphatic carbocycles. The van der Waals surface area contributed by atoms with Gasteiger partial charge in [-0.3, -0.25) is 13.6 Å². The molecule has 2 aromatic heterocycles. The number of halogens is 1. The lowest BCUT2D eigenvalue weighted by molar-refractivity contribution is 0.0716. The lowest BCUT2D eigenvalue weighted by atomic mass is 10.1. The maximum absolute atomic E-state index is 14.3. The quantitative estimate of drug-likeness (QED) is 0.475. The smallest absolute Gasteiger partial charge is 0.254 e. The number of piperazine rings is 1. The van der Waals surface area contributed by atoms with Crippen molar-refractivity contribution in [2.24, 2.45) is 0 Å². The van der Waals surface area contributed by atoms with Crippen LogP contribution in [0.2, 0.25) is 0 Å². The number of hydrogen-bond acceptors (Lipinski definition) is 5. The van der Waals surface area contributed by atoms with Crippen LogP contribution in [-0.4, -0.2) is 61.0 Å². The molecule has 1 unspecified atom stereocenters. The number of likely N-dealkylation sites (tertiary alicyclic amines) is 1. The fraction of sp³-hybridized carbons (Fsp3) is 0.269. The topological polar surface area (TPSA) is 80.1 Å². The second kappa shape index (κ2) is 8.35. The summed E-state index contributed by atoms with van der Waals surface area (Å²) < 4.78 is 28.6. The Morgan fingerprint density at radius 3 is 2.66 bits per heavy atom. The number of aromatic nitrogens is 3. The number of benzene rings is 2. The van der Waals surface area contributed by atoms with Crippen molar-refractivity contribution in [1.29, 1.82) is 0 Å². The monoisotopic (exact) mass is 489 g/mol. The Morgan fingerprint density at radius 1 is 1.17 bits per heavy atom. The maximum Gasteiger partial charge on any atom is 0.254 e. The molecule has 6 rings (SSSR count). The molecule has 4 heterocycles. The summed E-state index contributed by atoms with van der Waals surface area (Å²) in [4.78, 5) is 24.8. The van der Waals surface area contributed by atoms with Gasteiger partial charge in [-0.15, -0.1) is 0 Å². The van der Waals surface area contributed by atoms with E-state index in [0.29, 0.717) is 45.6 Å². The highest BCUT2D eigenvalue weighted by atomic mass is 32.2. The minimum absolute atomic E-state index is 0.000917. The first kappa shape index (κ1) is 22.1. The van der Waals surface area contributed by atoms with Gasteiger partial charge in [0.15, 0.2) is 0 Å². The summed E-state index contributed by atoms with van der Waals surface area (Å²) in [5.74, 6) is 0.0209. The Labute approximate surface area is 204 Å². The van der Waals surface area contributed by atoms with Crippen molar-refractivity contribution in [1.82, 2.24) is 24.8 Å². The van der Waals surface area contributed by atoms with E-state index in [1.165, 1.54) is 6.07 Å². The van der Waals surface area contributed by atoms with Crippen molar-refractivity contribution in [2.75, 3.05) is 19.3 Å². The van der Waals surface area contributed by atoms with Crippen LogP contribution >= 0.6 is 0 Å². The third-order valence-corrected chi connectivity index (χ3v) is 7.87. The number of aryl methyl sites for hydroxylation is 1. The fourth-order valence-corrected chi connectivity index (χ4v) is 5.88. The van der Waals surface area contributed by atoms with Gasteiger partial charge in [0, 0.05) is 72.1 Å². The molecule has 0 saturated carbocycles. The maximum atomic E-state index is 14.3. The molecule has 178 valence electrons. The van der Waals surface area contributed by atoms with Crippen LogP contribution in [0.4, 0.5) is 4.39 Å². The van der Waals surface area contributed by atoms with E-state index in [1.807, 2.05) is 24.0 Å². The predicted molar refractivity (Wildman–Crippen MR) is 133 cm³/mol. The Balaban J connectivity index is 1.41. The van der Waals surface area contributed by atoms with Crippen LogP contribution in [0.5, 0.6) is 0 Å². The molecular formula is C26H24FN5O2S. The van der Waals surface area contributed by atoms with Crippen LogP contribution in [0.3, 0.4) is 0 Å². The molecule has 2 aliphatic rings. The first-order valence-electron chi connectivity index (χ1n) is 11.5. The van der Waals surface area contributed by atoms with Gasteiger partial charge in [0.2, 0.25) is 5.95 Å². The third kappa shape index (κ3) is 3.75. The molecule has 4 aromatic rings. The molecule has 2 aromatic carbocycles. The van der Waals surface area contributed by atoms with Gasteiger partial charge in [-0.1, -0.05) is 17.7 Å². The van der Waals surface area contributed by atoms with Gasteiger partial charge in [-0.2, -0.15) is 0 Å². The number of rotatable bonds is 4. The largest absolute Gasteiger partial charge is 0.333 e. The van der Waals surface area contributed by atoms with Crippen LogP contribution in [0.15, 0.2) is 59.9 Å². The van der Waals surface area contributed by atoms with Crippen molar-refractivity contribution in [2.45, 2.75) is 30.3 Å².